The number of rotatable bonds is 14. The Bertz CT molecular complexity index is 1590. The molecule has 1 aliphatic carbocycles. The normalized spacial score (nSPS) is 42.8. The third-order valence-corrected chi connectivity index (χ3v) is 16.9. The molecule has 2 spiro atoms. The van der Waals surface area contributed by atoms with E-state index in [1.54, 1.807) is 0 Å². The topological polar surface area (TPSA) is 165 Å². The van der Waals surface area contributed by atoms with E-state index in [9.17, 15) is 24.9 Å². The van der Waals surface area contributed by atoms with Crippen LogP contribution in [0.3, 0.4) is 0 Å². The zero-order chi connectivity index (χ0) is 45.4. The number of carboxylic acid groups (broad SMARTS) is 1. The highest BCUT2D eigenvalue weighted by Crippen LogP contribution is 2.54. The predicted octanol–water partition coefficient (Wildman–Crippen LogP) is 7.99. The minimum atomic E-state index is -1.20. The molecule has 6 aliphatic rings. The third kappa shape index (κ3) is 10.0. The molecular weight excluding hydrogens is 809 g/mol. The number of ether oxygens (including phenoxy) is 5. The SMILES string of the molecule is CC[C@@H](C(=O)[C@@H](C)[C@@H](O)[C@H](C)[C@@H]1O[C@@H]([C@@H](CC)C(=O)O)CC[C@@H]1C)[C@H]1O[C@]2(C=C[C@@H](NC(=S)NC3CCCCC3)[C@]3(CC[C@@](C)([C@H]4CC[C@](O)(CC)[C@H](C)O4)O3)O2)[C@H](C)C[C@@H]1C. The monoisotopic (exact) mass is 891 g/mol. The van der Waals surface area contributed by atoms with Crippen LogP contribution in [0, 0.1) is 41.4 Å². The maximum atomic E-state index is 14.7. The van der Waals surface area contributed by atoms with Gasteiger partial charge in [-0.05, 0) is 115 Å². The standard InChI is InChI=1S/C49H82N2O10S/c1-11-35(44(54)55)37-20-19-28(4)42(58-37)32(8)40(52)31(7)41(53)36(12-2)43-29(5)27-30(6)48(59-43)24-21-38(51-45(62)50-34-17-15-14-16-18-34)49(61-48)26-25-46(10,60-49)39-22-23-47(56,13-3)33(9)57-39/h21,24,28-40,42-43,52,56H,11-20,22-23,25-27H2,1-10H3,(H,54,55)(H2,50,51,62)/t28-,29-,30+,31-,32-,33-,35+,36-,37+,38+,39+,40+,42+,43-,46-,47+,48-,49-/m0/s1. The Balaban J connectivity index is 1.23. The average Bonchev–Trinajstić information content (AvgIpc) is 3.59. The van der Waals surface area contributed by atoms with E-state index in [2.05, 4.69) is 44.4 Å². The lowest BCUT2D eigenvalue weighted by molar-refractivity contribution is -0.397. The van der Waals surface area contributed by atoms with Crippen molar-refractivity contribution in [1.82, 2.24) is 10.6 Å². The lowest BCUT2D eigenvalue weighted by Crippen LogP contribution is -2.66. The Kier molecular flexibility index (Phi) is 16.1. The van der Waals surface area contributed by atoms with Gasteiger partial charge in [-0.25, -0.2) is 0 Å². The second-order valence-electron chi connectivity index (χ2n) is 20.9. The first-order chi connectivity index (χ1) is 29.3. The molecule has 5 N–H and O–H groups in total. The van der Waals surface area contributed by atoms with Gasteiger partial charge in [-0.1, -0.05) is 80.7 Å². The number of carbonyl (C=O) groups excluding carboxylic acids is 1. The number of aliphatic carboxylic acids is 1. The van der Waals surface area contributed by atoms with Crippen molar-refractivity contribution in [1.29, 1.82) is 0 Å². The molecule has 1 saturated carbocycles. The van der Waals surface area contributed by atoms with Crippen molar-refractivity contribution in [2.24, 2.45) is 41.4 Å². The van der Waals surface area contributed by atoms with E-state index in [4.69, 9.17) is 35.9 Å². The molecule has 0 unspecified atom stereocenters. The molecule has 4 saturated heterocycles. The number of carbonyl (C=O) groups is 2. The first-order valence-corrected chi connectivity index (χ1v) is 25.0. The number of thiocarbonyl (C=S) groups is 1. The number of aliphatic hydroxyl groups excluding tert-OH is 1. The number of hydrogen-bond acceptors (Lipinski definition) is 10. The van der Waals surface area contributed by atoms with Crippen LogP contribution in [0.1, 0.15) is 166 Å². The minimum Gasteiger partial charge on any atom is -0.481 e. The van der Waals surface area contributed by atoms with Crippen LogP contribution < -0.4 is 10.6 Å². The summed E-state index contributed by atoms with van der Waals surface area (Å²) in [5.74, 6) is -5.46. The molecule has 0 radical (unpaired) electrons. The van der Waals surface area contributed by atoms with Gasteiger partial charge in [-0.2, -0.15) is 0 Å². The molecule has 0 aromatic heterocycles. The van der Waals surface area contributed by atoms with Crippen molar-refractivity contribution in [3.8, 4) is 0 Å². The van der Waals surface area contributed by atoms with Crippen molar-refractivity contribution in [3.05, 3.63) is 12.2 Å². The third-order valence-electron chi connectivity index (χ3n) is 16.7. The molecule has 13 heteroatoms. The van der Waals surface area contributed by atoms with Gasteiger partial charge >= 0.3 is 5.97 Å². The molecule has 5 heterocycles. The fourth-order valence-corrected chi connectivity index (χ4v) is 12.6. The van der Waals surface area contributed by atoms with Crippen LogP contribution >= 0.6 is 12.2 Å². The fourth-order valence-electron chi connectivity index (χ4n) is 12.3. The molecule has 5 aliphatic heterocycles. The maximum Gasteiger partial charge on any atom is 0.309 e. The molecule has 0 aromatic rings. The van der Waals surface area contributed by atoms with Gasteiger partial charge in [0, 0.05) is 36.1 Å². The Morgan fingerprint density at radius 1 is 0.855 bits per heavy atom. The van der Waals surface area contributed by atoms with Crippen LogP contribution in [0.2, 0.25) is 0 Å². The number of aliphatic hydroxyl groups is 2. The molecule has 12 nitrogen and oxygen atoms in total. The molecule has 354 valence electrons. The van der Waals surface area contributed by atoms with E-state index in [0.29, 0.717) is 62.5 Å². The van der Waals surface area contributed by atoms with Crippen LogP contribution in [0.25, 0.3) is 0 Å². The molecule has 0 amide bonds. The predicted molar refractivity (Wildman–Crippen MR) is 242 cm³/mol. The summed E-state index contributed by atoms with van der Waals surface area (Å²) in [6, 6.07) is -0.117. The summed E-state index contributed by atoms with van der Waals surface area (Å²) >= 11 is 5.96. The zero-order valence-corrected chi connectivity index (χ0v) is 40.3. The number of ketones is 1. The largest absolute Gasteiger partial charge is 0.481 e. The van der Waals surface area contributed by atoms with Crippen LogP contribution in [-0.2, 0) is 33.3 Å². The first-order valence-electron chi connectivity index (χ1n) is 24.6. The lowest BCUT2D eigenvalue weighted by Gasteiger charge is -2.55. The summed E-state index contributed by atoms with van der Waals surface area (Å²) in [6.45, 7) is 20.0. The summed E-state index contributed by atoms with van der Waals surface area (Å²) in [6.07, 6.45) is 13.3. The Hall–Kier alpha value is -1.71. The van der Waals surface area contributed by atoms with Gasteiger partial charge in [0.25, 0.3) is 0 Å². The van der Waals surface area contributed by atoms with Crippen LogP contribution in [0.15, 0.2) is 12.2 Å². The van der Waals surface area contributed by atoms with Crippen molar-refractivity contribution in [2.45, 2.75) is 237 Å². The van der Waals surface area contributed by atoms with Gasteiger partial charge in [0.15, 0.2) is 16.7 Å². The molecule has 62 heavy (non-hydrogen) atoms. The van der Waals surface area contributed by atoms with Crippen molar-refractivity contribution in [2.75, 3.05) is 0 Å². The maximum absolute atomic E-state index is 14.7. The fraction of sp³-hybridized carbons (Fsp3) is 0.898. The molecule has 5 fully saturated rings. The van der Waals surface area contributed by atoms with E-state index >= 15 is 0 Å². The summed E-state index contributed by atoms with van der Waals surface area (Å²) in [4.78, 5) is 26.8. The van der Waals surface area contributed by atoms with E-state index in [0.717, 1.165) is 25.7 Å². The molecular formula is C49H82N2O10S. The Morgan fingerprint density at radius 2 is 1.55 bits per heavy atom. The average molecular weight is 891 g/mol. The van der Waals surface area contributed by atoms with Gasteiger partial charge in [0.2, 0.25) is 0 Å². The highest BCUT2D eigenvalue weighted by Gasteiger charge is 2.63. The van der Waals surface area contributed by atoms with Crippen LogP contribution in [-0.4, -0.2) is 104 Å². The number of nitrogens with one attached hydrogen (secondary N) is 2. The van der Waals surface area contributed by atoms with Crippen molar-refractivity contribution in [3.63, 3.8) is 0 Å². The van der Waals surface area contributed by atoms with E-state index in [-0.39, 0.29) is 47.8 Å². The number of carboxylic acids is 1. The molecule has 6 rings (SSSR count). The minimum absolute atomic E-state index is 0.0241. The van der Waals surface area contributed by atoms with Gasteiger partial charge in [-0.15, -0.1) is 0 Å². The summed E-state index contributed by atoms with van der Waals surface area (Å²) in [7, 11) is 0. The number of hydrogen-bond donors (Lipinski definition) is 5. The van der Waals surface area contributed by atoms with E-state index in [1.807, 2.05) is 47.6 Å². The second kappa shape index (κ2) is 20.0. The first kappa shape index (κ1) is 49.7. The molecule has 18 atom stereocenters. The number of Topliss-reactive ketones (excluding diaryl/α,β-unsaturated/α-hetero) is 1. The highest BCUT2D eigenvalue weighted by molar-refractivity contribution is 7.80. The van der Waals surface area contributed by atoms with E-state index in [1.165, 1.54) is 19.3 Å². The van der Waals surface area contributed by atoms with Gasteiger partial charge in [0.05, 0.1) is 53.7 Å². The van der Waals surface area contributed by atoms with Crippen LogP contribution in [0.5, 0.6) is 0 Å². The Labute approximate surface area is 377 Å². The van der Waals surface area contributed by atoms with Gasteiger partial charge < -0.3 is 49.6 Å². The van der Waals surface area contributed by atoms with Gasteiger partial charge in [-0.3, -0.25) is 9.59 Å². The second-order valence-corrected chi connectivity index (χ2v) is 21.3. The van der Waals surface area contributed by atoms with Crippen molar-refractivity contribution < 1.29 is 48.6 Å². The molecule has 0 aromatic carbocycles. The lowest BCUT2D eigenvalue weighted by atomic mass is 9.72. The smallest absolute Gasteiger partial charge is 0.309 e. The summed E-state index contributed by atoms with van der Waals surface area (Å²) in [5, 5.41) is 40.8. The highest BCUT2D eigenvalue weighted by atomic mass is 32.1. The zero-order valence-electron chi connectivity index (χ0n) is 39.5. The summed E-state index contributed by atoms with van der Waals surface area (Å²) in [5.41, 5.74) is -1.59. The quantitative estimate of drug-likeness (QED) is 0.0843. The van der Waals surface area contributed by atoms with E-state index < -0.39 is 70.9 Å². The Morgan fingerprint density at radius 3 is 2.18 bits per heavy atom. The summed E-state index contributed by atoms with van der Waals surface area (Å²) < 4.78 is 35.0. The van der Waals surface area contributed by atoms with Crippen LogP contribution in [0.4, 0.5) is 0 Å². The van der Waals surface area contributed by atoms with Gasteiger partial charge in [0.1, 0.15) is 11.8 Å². The van der Waals surface area contributed by atoms with Crippen molar-refractivity contribution >= 4 is 29.1 Å². The molecule has 0 bridgehead atoms.